The van der Waals surface area contributed by atoms with Crippen molar-refractivity contribution < 1.29 is 13.5 Å². The minimum atomic E-state index is -2.37. The predicted molar refractivity (Wildman–Crippen MR) is 65.9 cm³/mol. The smallest absolute Gasteiger partial charge is 0.251 e. The van der Waals surface area contributed by atoms with Crippen LogP contribution in [0.25, 0.3) is 0 Å². The summed E-state index contributed by atoms with van der Waals surface area (Å²) in [5, 5.41) is 0. The van der Waals surface area contributed by atoms with E-state index in [4.69, 9.17) is 10.5 Å². The maximum Gasteiger partial charge on any atom is 0.251 e. The summed E-state index contributed by atoms with van der Waals surface area (Å²) in [4.78, 5) is 5.89. The molecule has 0 radical (unpaired) electrons. The minimum Gasteiger partial charge on any atom is -0.497 e. The number of pyridine rings is 1. The third kappa shape index (κ3) is 4.93. The van der Waals surface area contributed by atoms with Crippen LogP contribution in [-0.2, 0) is 6.54 Å². The molecule has 0 atom stereocenters. The number of nitrogens with zero attached hydrogens (tertiary/aromatic N) is 2. The first-order chi connectivity index (χ1) is 8.55. The molecule has 1 aromatic rings. The highest BCUT2D eigenvalue weighted by Crippen LogP contribution is 2.15. The monoisotopic (exact) mass is 259 g/mol. The Kier molecular flexibility index (Phi) is 5.94. The zero-order chi connectivity index (χ0) is 13.5. The molecule has 0 fully saturated rings. The van der Waals surface area contributed by atoms with Crippen molar-refractivity contribution in [3.8, 4) is 5.75 Å². The number of nitrogens with two attached hydrogens (primary N) is 1. The van der Waals surface area contributed by atoms with E-state index in [1.165, 1.54) is 0 Å². The average Bonchev–Trinajstić information content (AvgIpc) is 2.27. The van der Waals surface area contributed by atoms with Gasteiger partial charge in [0.25, 0.3) is 6.43 Å². The lowest BCUT2D eigenvalue weighted by Crippen LogP contribution is -2.33. The molecule has 18 heavy (non-hydrogen) atoms. The lowest BCUT2D eigenvalue weighted by molar-refractivity contribution is 0.0856. The van der Waals surface area contributed by atoms with E-state index in [0.29, 0.717) is 31.1 Å². The number of aryl methyl sites for hydroxylation is 1. The van der Waals surface area contributed by atoms with Gasteiger partial charge in [-0.25, -0.2) is 8.78 Å². The molecule has 0 aliphatic carbocycles. The van der Waals surface area contributed by atoms with Crippen LogP contribution in [0.1, 0.15) is 11.4 Å². The van der Waals surface area contributed by atoms with Gasteiger partial charge in [-0.05, 0) is 6.92 Å². The Morgan fingerprint density at radius 3 is 2.72 bits per heavy atom. The third-order valence-corrected chi connectivity index (χ3v) is 2.44. The van der Waals surface area contributed by atoms with Gasteiger partial charge in [0.05, 0.1) is 19.3 Å². The number of hydrogen-bond acceptors (Lipinski definition) is 4. The van der Waals surface area contributed by atoms with Gasteiger partial charge in [0.2, 0.25) is 0 Å². The van der Waals surface area contributed by atoms with Crippen molar-refractivity contribution in [3.63, 3.8) is 0 Å². The zero-order valence-corrected chi connectivity index (χ0v) is 10.7. The molecule has 0 aliphatic heterocycles. The maximum absolute atomic E-state index is 12.4. The Balaban J connectivity index is 2.75. The summed E-state index contributed by atoms with van der Waals surface area (Å²) >= 11 is 0. The molecular weight excluding hydrogens is 240 g/mol. The van der Waals surface area contributed by atoms with Crippen LogP contribution in [0.4, 0.5) is 8.78 Å². The van der Waals surface area contributed by atoms with Gasteiger partial charge in [-0.2, -0.15) is 0 Å². The number of alkyl halides is 2. The van der Waals surface area contributed by atoms with Gasteiger partial charge in [-0.15, -0.1) is 0 Å². The van der Waals surface area contributed by atoms with Crippen molar-refractivity contribution in [2.45, 2.75) is 19.9 Å². The number of halogens is 2. The second kappa shape index (κ2) is 7.23. The molecule has 0 saturated carbocycles. The molecule has 6 heteroatoms. The quantitative estimate of drug-likeness (QED) is 0.804. The molecule has 102 valence electrons. The lowest BCUT2D eigenvalue weighted by Gasteiger charge is -2.21. The van der Waals surface area contributed by atoms with E-state index in [2.05, 4.69) is 4.98 Å². The van der Waals surface area contributed by atoms with Crippen LogP contribution >= 0.6 is 0 Å². The SMILES string of the molecule is COc1cc(C)nc(CN(CCN)CC(F)F)c1. The van der Waals surface area contributed by atoms with Crippen LogP contribution in [0.3, 0.4) is 0 Å². The van der Waals surface area contributed by atoms with Crippen LogP contribution in [0, 0.1) is 6.92 Å². The van der Waals surface area contributed by atoms with Crippen LogP contribution in [0.2, 0.25) is 0 Å². The molecule has 0 unspecified atom stereocenters. The van der Waals surface area contributed by atoms with Gasteiger partial charge in [0.1, 0.15) is 5.75 Å². The summed E-state index contributed by atoms with van der Waals surface area (Å²) in [6.45, 7) is 2.65. The fourth-order valence-corrected chi connectivity index (χ4v) is 1.74. The number of ether oxygens (including phenoxy) is 1. The van der Waals surface area contributed by atoms with Crippen molar-refractivity contribution in [2.75, 3.05) is 26.7 Å². The normalized spacial score (nSPS) is 11.3. The molecule has 1 heterocycles. The molecule has 0 spiro atoms. The highest BCUT2D eigenvalue weighted by molar-refractivity contribution is 5.26. The summed E-state index contributed by atoms with van der Waals surface area (Å²) in [5.74, 6) is 0.683. The van der Waals surface area contributed by atoms with Gasteiger partial charge >= 0.3 is 0 Å². The van der Waals surface area contributed by atoms with E-state index in [-0.39, 0.29) is 6.54 Å². The Morgan fingerprint density at radius 2 is 2.17 bits per heavy atom. The van der Waals surface area contributed by atoms with E-state index in [1.807, 2.05) is 6.92 Å². The fraction of sp³-hybridized carbons (Fsp3) is 0.583. The van der Waals surface area contributed by atoms with E-state index in [1.54, 1.807) is 24.1 Å². The van der Waals surface area contributed by atoms with Crippen molar-refractivity contribution in [1.29, 1.82) is 0 Å². The topological polar surface area (TPSA) is 51.4 Å². The average molecular weight is 259 g/mol. The molecule has 0 amide bonds. The Labute approximate surface area is 106 Å². The van der Waals surface area contributed by atoms with Gasteiger partial charge in [0.15, 0.2) is 0 Å². The third-order valence-electron chi connectivity index (χ3n) is 2.44. The first-order valence-electron chi connectivity index (χ1n) is 5.77. The van der Waals surface area contributed by atoms with Crippen molar-refractivity contribution in [3.05, 3.63) is 23.5 Å². The fourth-order valence-electron chi connectivity index (χ4n) is 1.74. The number of rotatable bonds is 7. The van der Waals surface area contributed by atoms with Crippen LogP contribution < -0.4 is 10.5 Å². The molecule has 0 aromatic carbocycles. The summed E-state index contributed by atoms with van der Waals surface area (Å²) in [6.07, 6.45) is -2.37. The standard InChI is InChI=1S/C12H19F2N3O/c1-9-5-11(18-2)6-10(16-9)7-17(4-3-15)8-12(13)14/h5-6,12H,3-4,7-8,15H2,1-2H3. The lowest BCUT2D eigenvalue weighted by atomic mass is 10.2. The second-order valence-corrected chi connectivity index (χ2v) is 4.05. The molecule has 2 N–H and O–H groups in total. The molecule has 4 nitrogen and oxygen atoms in total. The van der Waals surface area contributed by atoms with E-state index >= 15 is 0 Å². The summed E-state index contributed by atoms with van der Waals surface area (Å²) in [6, 6.07) is 3.55. The van der Waals surface area contributed by atoms with Gasteiger partial charge < -0.3 is 10.5 Å². The zero-order valence-electron chi connectivity index (χ0n) is 10.7. The summed E-state index contributed by atoms with van der Waals surface area (Å²) < 4.78 is 29.9. The first kappa shape index (κ1) is 14.8. The Hall–Kier alpha value is -1.27. The minimum absolute atomic E-state index is 0.296. The molecule has 0 bridgehead atoms. The number of hydrogen-bond donors (Lipinski definition) is 1. The van der Waals surface area contributed by atoms with Crippen LogP contribution in [0.15, 0.2) is 12.1 Å². The number of methoxy groups -OCH3 is 1. The maximum atomic E-state index is 12.4. The van der Waals surface area contributed by atoms with Crippen molar-refractivity contribution >= 4 is 0 Å². The predicted octanol–water partition coefficient (Wildman–Crippen LogP) is 1.42. The molecule has 0 saturated heterocycles. The molecular formula is C12H19F2N3O. The largest absolute Gasteiger partial charge is 0.497 e. The van der Waals surface area contributed by atoms with Crippen molar-refractivity contribution in [1.82, 2.24) is 9.88 Å². The summed E-state index contributed by atoms with van der Waals surface area (Å²) in [5.41, 5.74) is 6.92. The Morgan fingerprint density at radius 1 is 1.44 bits per heavy atom. The van der Waals surface area contributed by atoms with Gasteiger partial charge in [0, 0.05) is 37.5 Å². The van der Waals surface area contributed by atoms with Gasteiger partial charge in [-0.3, -0.25) is 9.88 Å². The van der Waals surface area contributed by atoms with Gasteiger partial charge in [-0.1, -0.05) is 0 Å². The molecule has 0 aliphatic rings. The van der Waals surface area contributed by atoms with E-state index in [9.17, 15) is 8.78 Å². The highest BCUT2D eigenvalue weighted by Gasteiger charge is 2.13. The van der Waals surface area contributed by atoms with Crippen molar-refractivity contribution in [2.24, 2.45) is 5.73 Å². The van der Waals surface area contributed by atoms with E-state index in [0.717, 1.165) is 5.69 Å². The first-order valence-corrected chi connectivity index (χ1v) is 5.77. The second-order valence-electron chi connectivity index (χ2n) is 4.05. The van der Waals surface area contributed by atoms with Crippen LogP contribution in [0.5, 0.6) is 5.75 Å². The molecule has 1 rings (SSSR count). The summed E-state index contributed by atoms with van der Waals surface area (Å²) in [7, 11) is 1.56. The molecule has 1 aromatic heterocycles. The Bertz CT molecular complexity index is 374. The highest BCUT2D eigenvalue weighted by atomic mass is 19.3. The van der Waals surface area contributed by atoms with Crippen LogP contribution in [-0.4, -0.2) is 43.1 Å². The van der Waals surface area contributed by atoms with E-state index < -0.39 is 6.43 Å². The number of aromatic nitrogens is 1.